The Hall–Kier alpha value is -1.28. The van der Waals surface area contributed by atoms with Gasteiger partial charge in [0.1, 0.15) is 9.88 Å². The van der Waals surface area contributed by atoms with Crippen LogP contribution in [-0.4, -0.2) is 40.1 Å². The summed E-state index contributed by atoms with van der Waals surface area (Å²) in [4.78, 5) is 21.4. The molecule has 134 valence electrons. The van der Waals surface area contributed by atoms with Crippen LogP contribution in [0.5, 0.6) is 0 Å². The first kappa shape index (κ1) is 17.1. The third-order valence-electron chi connectivity index (χ3n) is 5.09. The summed E-state index contributed by atoms with van der Waals surface area (Å²) in [5.41, 5.74) is 0. The average molecular weight is 378 g/mol. The molecule has 0 aromatic carbocycles. The molecule has 3 heterocycles. The highest BCUT2D eigenvalue weighted by atomic mass is 32.1. The van der Waals surface area contributed by atoms with Crippen molar-refractivity contribution >= 4 is 28.6 Å². The van der Waals surface area contributed by atoms with Crippen LogP contribution in [0.3, 0.4) is 0 Å². The summed E-state index contributed by atoms with van der Waals surface area (Å²) in [6.07, 6.45) is 5.51. The number of amides is 1. The normalized spacial score (nSPS) is 24.8. The van der Waals surface area contributed by atoms with Gasteiger partial charge in [-0.3, -0.25) is 9.69 Å². The van der Waals surface area contributed by atoms with Gasteiger partial charge in [-0.1, -0.05) is 6.07 Å². The number of aliphatic hydroxyl groups is 1. The van der Waals surface area contributed by atoms with Crippen LogP contribution in [0.25, 0.3) is 0 Å². The van der Waals surface area contributed by atoms with Gasteiger partial charge in [-0.15, -0.1) is 22.7 Å². The molecule has 25 heavy (non-hydrogen) atoms. The van der Waals surface area contributed by atoms with Crippen LogP contribution in [0.1, 0.15) is 51.3 Å². The predicted octanol–water partition coefficient (Wildman–Crippen LogP) is 3.04. The van der Waals surface area contributed by atoms with Gasteiger partial charge in [-0.2, -0.15) is 0 Å². The van der Waals surface area contributed by atoms with Crippen molar-refractivity contribution in [3.05, 3.63) is 38.5 Å². The van der Waals surface area contributed by atoms with Crippen molar-refractivity contribution in [2.24, 2.45) is 5.92 Å². The molecule has 0 radical (unpaired) electrons. The third kappa shape index (κ3) is 3.95. The van der Waals surface area contributed by atoms with Crippen LogP contribution in [0.15, 0.2) is 23.7 Å². The van der Waals surface area contributed by atoms with E-state index in [0.29, 0.717) is 10.8 Å². The molecular formula is C18H23N3O2S2. The molecule has 2 aromatic rings. The Morgan fingerprint density at radius 3 is 2.88 bits per heavy atom. The molecule has 2 aliphatic rings. The van der Waals surface area contributed by atoms with Crippen LogP contribution in [0.2, 0.25) is 0 Å². The SMILES string of the molecule is O=C(NC(c1cccs1)C1CC(O)C1)c1cnc(CN2CCCC2)s1. The highest BCUT2D eigenvalue weighted by Gasteiger charge is 2.36. The largest absolute Gasteiger partial charge is 0.393 e. The minimum atomic E-state index is -0.222. The van der Waals surface area contributed by atoms with Gasteiger partial charge in [0.05, 0.1) is 24.9 Å². The zero-order chi connectivity index (χ0) is 17.2. The van der Waals surface area contributed by atoms with Crippen molar-refractivity contribution in [3.63, 3.8) is 0 Å². The van der Waals surface area contributed by atoms with E-state index in [0.717, 1.165) is 42.4 Å². The van der Waals surface area contributed by atoms with Gasteiger partial charge in [-0.05, 0) is 56.1 Å². The number of carbonyl (C=O) groups excluding carboxylic acids is 1. The highest BCUT2D eigenvalue weighted by molar-refractivity contribution is 7.13. The number of carbonyl (C=O) groups is 1. The van der Waals surface area contributed by atoms with Gasteiger partial charge < -0.3 is 10.4 Å². The quantitative estimate of drug-likeness (QED) is 0.812. The first-order valence-corrected chi connectivity index (χ1v) is 10.6. The molecule has 1 aliphatic heterocycles. The van der Waals surface area contributed by atoms with Gasteiger partial charge in [0.15, 0.2) is 0 Å². The van der Waals surface area contributed by atoms with E-state index < -0.39 is 0 Å². The van der Waals surface area contributed by atoms with Crippen LogP contribution in [-0.2, 0) is 6.54 Å². The van der Waals surface area contributed by atoms with Gasteiger partial charge in [0, 0.05) is 4.88 Å². The lowest BCUT2D eigenvalue weighted by Gasteiger charge is -2.37. The first-order valence-electron chi connectivity index (χ1n) is 8.88. The molecule has 5 nitrogen and oxygen atoms in total. The van der Waals surface area contributed by atoms with Crippen molar-refractivity contribution in [1.29, 1.82) is 0 Å². The van der Waals surface area contributed by atoms with E-state index in [1.165, 1.54) is 24.2 Å². The number of nitrogens with zero attached hydrogens (tertiary/aromatic N) is 2. The maximum atomic E-state index is 12.7. The fourth-order valence-corrected chi connectivity index (χ4v) is 5.36. The summed E-state index contributed by atoms with van der Waals surface area (Å²) in [7, 11) is 0. The Bertz CT molecular complexity index is 704. The molecular weight excluding hydrogens is 354 g/mol. The number of hydrogen-bond donors (Lipinski definition) is 2. The van der Waals surface area contributed by atoms with Gasteiger partial charge in [-0.25, -0.2) is 4.98 Å². The topological polar surface area (TPSA) is 65.5 Å². The molecule has 1 saturated carbocycles. The van der Waals surface area contributed by atoms with Gasteiger partial charge in [0.25, 0.3) is 5.91 Å². The lowest BCUT2D eigenvalue weighted by molar-refractivity contribution is 0.0241. The molecule has 4 rings (SSSR count). The van der Waals surface area contributed by atoms with Crippen molar-refractivity contribution in [1.82, 2.24) is 15.2 Å². The third-order valence-corrected chi connectivity index (χ3v) is 7.03. The fourth-order valence-electron chi connectivity index (χ4n) is 3.62. The maximum Gasteiger partial charge on any atom is 0.263 e. The Labute approximate surface area is 155 Å². The van der Waals surface area contributed by atoms with Crippen LogP contribution >= 0.6 is 22.7 Å². The summed E-state index contributed by atoms with van der Waals surface area (Å²) >= 11 is 3.15. The number of aliphatic hydroxyl groups excluding tert-OH is 1. The molecule has 2 fully saturated rings. The van der Waals surface area contributed by atoms with Gasteiger partial charge in [0.2, 0.25) is 0 Å². The Balaban J connectivity index is 1.41. The number of hydrogen-bond acceptors (Lipinski definition) is 6. The summed E-state index contributed by atoms with van der Waals surface area (Å²) in [5, 5.41) is 15.9. The smallest absolute Gasteiger partial charge is 0.263 e. The predicted molar refractivity (Wildman–Crippen MR) is 99.9 cm³/mol. The van der Waals surface area contributed by atoms with E-state index in [1.54, 1.807) is 17.5 Å². The number of rotatable bonds is 6. The van der Waals surface area contributed by atoms with E-state index in [-0.39, 0.29) is 18.1 Å². The molecule has 1 saturated heterocycles. The van der Waals surface area contributed by atoms with Gasteiger partial charge >= 0.3 is 0 Å². The maximum absolute atomic E-state index is 12.7. The lowest BCUT2D eigenvalue weighted by Crippen LogP contribution is -2.40. The van der Waals surface area contributed by atoms with Crippen molar-refractivity contribution in [3.8, 4) is 0 Å². The lowest BCUT2D eigenvalue weighted by atomic mass is 9.77. The molecule has 2 N–H and O–H groups in total. The second kappa shape index (κ2) is 7.53. The molecule has 1 amide bonds. The van der Waals surface area contributed by atoms with Crippen molar-refractivity contribution < 1.29 is 9.90 Å². The number of likely N-dealkylation sites (tertiary alicyclic amines) is 1. The van der Waals surface area contributed by atoms with E-state index >= 15 is 0 Å². The second-order valence-electron chi connectivity index (χ2n) is 6.95. The summed E-state index contributed by atoms with van der Waals surface area (Å²) < 4.78 is 0. The first-order chi connectivity index (χ1) is 12.2. The second-order valence-corrected chi connectivity index (χ2v) is 9.05. The summed E-state index contributed by atoms with van der Waals surface area (Å²) in [6.45, 7) is 3.11. The number of thiophene rings is 1. The standard InChI is InChI=1S/C18H23N3O2S2/c22-13-8-12(9-13)17(14-4-3-7-24-14)20-18(23)15-10-19-16(25-15)11-21-5-1-2-6-21/h3-4,7,10,12-13,17,22H,1-2,5-6,8-9,11H2,(H,20,23). The highest BCUT2D eigenvalue weighted by Crippen LogP contribution is 2.39. The molecule has 0 spiro atoms. The monoisotopic (exact) mass is 377 g/mol. The Kier molecular flexibility index (Phi) is 5.17. The fraction of sp³-hybridized carbons (Fsp3) is 0.556. The number of thiazole rings is 1. The molecule has 0 bridgehead atoms. The van der Waals surface area contributed by atoms with E-state index in [4.69, 9.17) is 0 Å². The number of nitrogens with one attached hydrogen (secondary N) is 1. The van der Waals surface area contributed by atoms with E-state index in [1.807, 2.05) is 11.4 Å². The van der Waals surface area contributed by atoms with Crippen molar-refractivity contribution in [2.45, 2.75) is 44.4 Å². The zero-order valence-electron chi connectivity index (χ0n) is 14.1. The minimum absolute atomic E-state index is 0.0139. The average Bonchev–Trinajstić information content (AvgIpc) is 3.31. The van der Waals surface area contributed by atoms with Crippen LogP contribution < -0.4 is 5.32 Å². The molecule has 1 aliphatic carbocycles. The minimum Gasteiger partial charge on any atom is -0.393 e. The van der Waals surface area contributed by atoms with Crippen molar-refractivity contribution in [2.75, 3.05) is 13.1 Å². The summed E-state index contributed by atoms with van der Waals surface area (Å²) in [5.74, 6) is 0.263. The molecule has 7 heteroatoms. The Morgan fingerprint density at radius 1 is 1.40 bits per heavy atom. The zero-order valence-corrected chi connectivity index (χ0v) is 15.7. The van der Waals surface area contributed by atoms with E-state index in [2.05, 4.69) is 21.3 Å². The molecule has 1 unspecified atom stereocenters. The molecule has 2 aromatic heterocycles. The Morgan fingerprint density at radius 2 is 2.20 bits per heavy atom. The van der Waals surface area contributed by atoms with E-state index in [9.17, 15) is 9.90 Å². The molecule has 1 atom stereocenters. The van der Waals surface area contributed by atoms with Crippen LogP contribution in [0, 0.1) is 5.92 Å². The number of aromatic nitrogens is 1. The summed E-state index contributed by atoms with van der Waals surface area (Å²) in [6, 6.07) is 4.06. The van der Waals surface area contributed by atoms with Crippen LogP contribution in [0.4, 0.5) is 0 Å².